The highest BCUT2D eigenvalue weighted by molar-refractivity contribution is 5.77. The average Bonchev–Trinajstić information content (AvgIpc) is 2.69. The van der Waals surface area contributed by atoms with Crippen LogP contribution in [0.25, 0.3) is 10.9 Å². The number of hydrogen-bond acceptors (Lipinski definition) is 4. The van der Waals surface area contributed by atoms with E-state index in [1.54, 1.807) is 42.3 Å². The fraction of sp³-hybridized carbons (Fsp3) is 0.286. The van der Waals surface area contributed by atoms with Gasteiger partial charge in [0, 0.05) is 26.4 Å². The van der Waals surface area contributed by atoms with E-state index in [9.17, 15) is 18.4 Å². The van der Waals surface area contributed by atoms with Gasteiger partial charge in [0.05, 0.1) is 10.9 Å². The second-order valence-corrected chi connectivity index (χ2v) is 6.66. The lowest BCUT2D eigenvalue weighted by molar-refractivity contribution is -0.130. The standard InChI is InChI=1S/C21H21F2N3O3/c1-26(13-14-9-11-15(12-10-14)29-21(22)23)19(27)8-4-7-18-24-17-6-3-2-5-16(17)20(28)25-18/h2-3,5-6,9-12,21H,4,7-8,13H2,1H3,(H,24,25,28). The summed E-state index contributed by atoms with van der Waals surface area (Å²) >= 11 is 0. The molecule has 0 radical (unpaired) electrons. The molecule has 3 rings (SSSR count). The van der Waals surface area contributed by atoms with Crippen molar-refractivity contribution < 1.29 is 18.3 Å². The van der Waals surface area contributed by atoms with Crippen LogP contribution in [0.3, 0.4) is 0 Å². The normalized spacial score (nSPS) is 11.0. The molecule has 6 nitrogen and oxygen atoms in total. The van der Waals surface area contributed by atoms with Crippen LogP contribution in [-0.4, -0.2) is 34.4 Å². The molecule has 8 heteroatoms. The molecule has 0 atom stereocenters. The van der Waals surface area contributed by atoms with E-state index in [-0.39, 0.29) is 17.2 Å². The predicted molar refractivity (Wildman–Crippen MR) is 105 cm³/mol. The second-order valence-electron chi connectivity index (χ2n) is 6.66. The van der Waals surface area contributed by atoms with Crippen LogP contribution in [0.15, 0.2) is 53.3 Å². The molecule has 0 saturated carbocycles. The molecule has 29 heavy (non-hydrogen) atoms. The molecule has 0 unspecified atom stereocenters. The van der Waals surface area contributed by atoms with Gasteiger partial charge in [-0.25, -0.2) is 4.98 Å². The monoisotopic (exact) mass is 401 g/mol. The van der Waals surface area contributed by atoms with Gasteiger partial charge in [-0.05, 0) is 36.2 Å². The Kier molecular flexibility index (Phi) is 6.54. The van der Waals surface area contributed by atoms with Crippen molar-refractivity contribution in [2.75, 3.05) is 7.05 Å². The molecule has 1 N–H and O–H groups in total. The number of aryl methyl sites for hydroxylation is 1. The zero-order valence-corrected chi connectivity index (χ0v) is 15.9. The van der Waals surface area contributed by atoms with Gasteiger partial charge in [0.25, 0.3) is 5.56 Å². The van der Waals surface area contributed by atoms with Gasteiger partial charge in [-0.1, -0.05) is 24.3 Å². The number of aromatic nitrogens is 2. The highest BCUT2D eigenvalue weighted by Gasteiger charge is 2.11. The quantitative estimate of drug-likeness (QED) is 0.627. The molecule has 1 amide bonds. The number of rotatable bonds is 8. The first-order valence-electron chi connectivity index (χ1n) is 9.18. The minimum absolute atomic E-state index is 0.0546. The molecule has 1 heterocycles. The number of fused-ring (bicyclic) bond motifs is 1. The minimum atomic E-state index is -2.86. The maximum absolute atomic E-state index is 12.3. The summed E-state index contributed by atoms with van der Waals surface area (Å²) < 4.78 is 28.7. The van der Waals surface area contributed by atoms with Gasteiger partial charge >= 0.3 is 6.61 Å². The number of hydrogen-bond donors (Lipinski definition) is 1. The van der Waals surface area contributed by atoms with Crippen LogP contribution in [0.5, 0.6) is 5.75 Å². The Bertz CT molecular complexity index is 1040. The van der Waals surface area contributed by atoms with Crippen molar-refractivity contribution >= 4 is 16.8 Å². The second kappa shape index (κ2) is 9.27. The van der Waals surface area contributed by atoms with Crippen molar-refractivity contribution in [3.63, 3.8) is 0 Å². The van der Waals surface area contributed by atoms with Crippen molar-refractivity contribution in [2.45, 2.75) is 32.4 Å². The third-order valence-electron chi connectivity index (χ3n) is 4.46. The summed E-state index contributed by atoms with van der Waals surface area (Å²) in [6.07, 6.45) is 1.34. The van der Waals surface area contributed by atoms with Crippen LogP contribution in [0.1, 0.15) is 24.2 Å². The number of carbonyl (C=O) groups excluding carboxylic acids is 1. The number of para-hydroxylation sites is 1. The highest BCUT2D eigenvalue weighted by Crippen LogP contribution is 2.16. The lowest BCUT2D eigenvalue weighted by atomic mass is 10.1. The number of carbonyl (C=O) groups is 1. The van der Waals surface area contributed by atoms with Gasteiger partial charge in [-0.15, -0.1) is 0 Å². The molecule has 0 saturated heterocycles. The Labute approximate surface area is 166 Å². The first-order valence-corrected chi connectivity index (χ1v) is 9.18. The van der Waals surface area contributed by atoms with Gasteiger partial charge in [0.15, 0.2) is 0 Å². The number of H-pyrrole nitrogens is 1. The predicted octanol–water partition coefficient (Wildman–Crippen LogP) is 3.51. The Morgan fingerprint density at radius 1 is 1.17 bits per heavy atom. The van der Waals surface area contributed by atoms with E-state index in [1.165, 1.54) is 12.1 Å². The lowest BCUT2D eigenvalue weighted by Gasteiger charge is -2.17. The van der Waals surface area contributed by atoms with E-state index in [4.69, 9.17) is 0 Å². The first-order chi connectivity index (χ1) is 13.9. The molecule has 0 bridgehead atoms. The fourth-order valence-electron chi connectivity index (χ4n) is 2.99. The summed E-state index contributed by atoms with van der Waals surface area (Å²) in [6.45, 7) is -2.50. The Morgan fingerprint density at radius 2 is 1.90 bits per heavy atom. The minimum Gasteiger partial charge on any atom is -0.435 e. The molecule has 3 aromatic rings. The number of nitrogens with zero attached hydrogens (tertiary/aromatic N) is 2. The molecule has 0 aliphatic carbocycles. The van der Waals surface area contributed by atoms with Crippen LogP contribution in [0.4, 0.5) is 8.78 Å². The number of benzene rings is 2. The number of aromatic amines is 1. The number of nitrogens with one attached hydrogen (secondary N) is 1. The van der Waals surface area contributed by atoms with Gasteiger partial charge in [0.1, 0.15) is 11.6 Å². The molecule has 152 valence electrons. The van der Waals surface area contributed by atoms with E-state index >= 15 is 0 Å². The Balaban J connectivity index is 1.51. The molecule has 0 spiro atoms. The third-order valence-corrected chi connectivity index (χ3v) is 4.46. The fourth-order valence-corrected chi connectivity index (χ4v) is 2.99. The van der Waals surface area contributed by atoms with Crippen molar-refractivity contribution in [3.05, 3.63) is 70.3 Å². The zero-order chi connectivity index (χ0) is 20.8. The number of alkyl halides is 2. The van der Waals surface area contributed by atoms with Gasteiger partial charge in [-0.2, -0.15) is 8.78 Å². The summed E-state index contributed by atoms with van der Waals surface area (Å²) in [5.41, 5.74) is 1.25. The van der Waals surface area contributed by atoms with Crippen molar-refractivity contribution in [2.24, 2.45) is 0 Å². The van der Waals surface area contributed by atoms with Crippen LogP contribution in [0.2, 0.25) is 0 Å². The molecule has 0 fully saturated rings. The Hall–Kier alpha value is -3.29. The number of ether oxygens (including phenoxy) is 1. The summed E-state index contributed by atoms with van der Waals surface area (Å²) in [5, 5.41) is 0.539. The zero-order valence-electron chi connectivity index (χ0n) is 15.9. The van der Waals surface area contributed by atoms with Crippen LogP contribution in [0, 0.1) is 0 Å². The summed E-state index contributed by atoms with van der Waals surface area (Å²) in [5.74, 6) is 0.578. The SMILES string of the molecule is CN(Cc1ccc(OC(F)F)cc1)C(=O)CCCc1nc2ccccc2c(=O)[nH]1. The maximum Gasteiger partial charge on any atom is 0.387 e. The number of halogens is 2. The van der Waals surface area contributed by atoms with Crippen LogP contribution in [-0.2, 0) is 17.8 Å². The van der Waals surface area contributed by atoms with E-state index in [2.05, 4.69) is 14.7 Å². The molecular weight excluding hydrogens is 380 g/mol. The van der Waals surface area contributed by atoms with Gasteiger partial charge in [-0.3, -0.25) is 9.59 Å². The molecular formula is C21H21F2N3O3. The molecule has 1 aromatic heterocycles. The van der Waals surface area contributed by atoms with E-state index in [0.29, 0.717) is 42.5 Å². The molecule has 0 aliphatic heterocycles. The van der Waals surface area contributed by atoms with E-state index < -0.39 is 6.61 Å². The topological polar surface area (TPSA) is 75.3 Å². The highest BCUT2D eigenvalue weighted by atomic mass is 19.3. The van der Waals surface area contributed by atoms with Crippen LogP contribution < -0.4 is 10.3 Å². The third kappa shape index (κ3) is 5.60. The van der Waals surface area contributed by atoms with Crippen molar-refractivity contribution in [1.82, 2.24) is 14.9 Å². The lowest BCUT2D eigenvalue weighted by Crippen LogP contribution is -2.26. The summed E-state index contributed by atoms with van der Waals surface area (Å²) in [7, 11) is 1.68. The first kappa shape index (κ1) is 20.4. The smallest absolute Gasteiger partial charge is 0.387 e. The van der Waals surface area contributed by atoms with Gasteiger partial charge in [0.2, 0.25) is 5.91 Å². The molecule has 2 aromatic carbocycles. The number of amides is 1. The summed E-state index contributed by atoms with van der Waals surface area (Å²) in [6, 6.07) is 13.3. The van der Waals surface area contributed by atoms with E-state index in [0.717, 1.165) is 5.56 Å². The molecule has 0 aliphatic rings. The largest absolute Gasteiger partial charge is 0.435 e. The Morgan fingerprint density at radius 3 is 2.62 bits per heavy atom. The summed E-state index contributed by atoms with van der Waals surface area (Å²) in [4.78, 5) is 33.2. The maximum atomic E-state index is 12.3. The van der Waals surface area contributed by atoms with E-state index in [1.807, 2.05) is 6.07 Å². The van der Waals surface area contributed by atoms with Crippen LogP contribution >= 0.6 is 0 Å². The van der Waals surface area contributed by atoms with Crippen molar-refractivity contribution in [1.29, 1.82) is 0 Å². The average molecular weight is 401 g/mol. The van der Waals surface area contributed by atoms with Crippen molar-refractivity contribution in [3.8, 4) is 5.75 Å². The van der Waals surface area contributed by atoms with Gasteiger partial charge < -0.3 is 14.6 Å².